The highest BCUT2D eigenvalue weighted by atomic mass is 19.1. The van der Waals surface area contributed by atoms with Gasteiger partial charge in [0.05, 0.1) is 5.69 Å². The van der Waals surface area contributed by atoms with Crippen LogP contribution in [0.4, 0.5) is 10.1 Å². The molecule has 0 spiro atoms. The summed E-state index contributed by atoms with van der Waals surface area (Å²) >= 11 is 0. The van der Waals surface area contributed by atoms with E-state index < -0.39 is 0 Å². The van der Waals surface area contributed by atoms with Crippen molar-refractivity contribution >= 4 is 11.6 Å². The van der Waals surface area contributed by atoms with Crippen LogP contribution in [-0.4, -0.2) is 50.1 Å². The lowest BCUT2D eigenvalue weighted by Crippen LogP contribution is -2.44. The van der Waals surface area contributed by atoms with Gasteiger partial charge in [-0.05, 0) is 55.3 Å². The van der Waals surface area contributed by atoms with Crippen molar-refractivity contribution in [2.24, 2.45) is 11.3 Å². The van der Waals surface area contributed by atoms with E-state index in [0.29, 0.717) is 22.7 Å². The van der Waals surface area contributed by atoms with E-state index in [-0.39, 0.29) is 11.7 Å². The quantitative estimate of drug-likeness (QED) is 0.895. The molecular formula is C21H32FN3O. The molecule has 0 saturated carbocycles. The maximum atomic E-state index is 14.5. The molecule has 1 N–H and O–H groups in total. The first-order chi connectivity index (χ1) is 12.3. The zero-order valence-electron chi connectivity index (χ0n) is 16.5. The van der Waals surface area contributed by atoms with Gasteiger partial charge in [-0.1, -0.05) is 20.8 Å². The molecule has 0 aliphatic carbocycles. The van der Waals surface area contributed by atoms with Crippen molar-refractivity contribution in [3.8, 4) is 0 Å². The summed E-state index contributed by atoms with van der Waals surface area (Å²) in [5.74, 6) is 0.213. The van der Waals surface area contributed by atoms with Gasteiger partial charge < -0.3 is 10.2 Å². The summed E-state index contributed by atoms with van der Waals surface area (Å²) in [4.78, 5) is 16.4. The van der Waals surface area contributed by atoms with Gasteiger partial charge in [-0.3, -0.25) is 9.69 Å². The summed E-state index contributed by atoms with van der Waals surface area (Å²) in [5, 5.41) is 2.53. The SMILES string of the molecule is CNC(=O)c1ccc(N2CCC(N3CCC(C(C)(C)C)C3)CC2)c(F)c1. The molecule has 1 amide bonds. The number of hydrogen-bond donors (Lipinski definition) is 1. The highest BCUT2D eigenvalue weighted by Gasteiger charge is 2.35. The van der Waals surface area contributed by atoms with Crippen LogP contribution in [0.25, 0.3) is 0 Å². The standard InChI is InChI=1S/C21H32FN3O/c1-21(2,3)16-7-10-25(14-16)17-8-11-24(12-9-17)19-6-5-15(13-18(19)22)20(26)23-4/h5-6,13,16-17H,7-12,14H2,1-4H3,(H,23,26). The van der Waals surface area contributed by atoms with E-state index in [4.69, 9.17) is 0 Å². The highest BCUT2D eigenvalue weighted by Crippen LogP contribution is 2.36. The molecule has 2 heterocycles. The number of nitrogens with zero attached hydrogens (tertiary/aromatic N) is 2. The summed E-state index contributed by atoms with van der Waals surface area (Å²) in [7, 11) is 1.56. The summed E-state index contributed by atoms with van der Waals surface area (Å²) in [6, 6.07) is 5.41. The Balaban J connectivity index is 1.58. The maximum absolute atomic E-state index is 14.5. The molecule has 2 aliphatic heterocycles. The normalized spacial score (nSPS) is 22.7. The first kappa shape index (κ1) is 19.2. The Bertz CT molecular complexity index is 647. The fourth-order valence-corrected chi connectivity index (χ4v) is 4.35. The van der Waals surface area contributed by atoms with Crippen molar-refractivity contribution in [1.29, 1.82) is 0 Å². The number of anilines is 1. The molecule has 2 saturated heterocycles. The number of likely N-dealkylation sites (tertiary alicyclic amines) is 1. The Morgan fingerprint density at radius 3 is 2.38 bits per heavy atom. The fraction of sp³-hybridized carbons (Fsp3) is 0.667. The van der Waals surface area contributed by atoms with Gasteiger partial charge in [0.1, 0.15) is 5.82 Å². The van der Waals surface area contributed by atoms with Crippen LogP contribution < -0.4 is 10.2 Å². The van der Waals surface area contributed by atoms with Crippen molar-refractivity contribution in [1.82, 2.24) is 10.2 Å². The summed E-state index contributed by atoms with van der Waals surface area (Å²) in [6.07, 6.45) is 3.44. The summed E-state index contributed by atoms with van der Waals surface area (Å²) < 4.78 is 14.5. The third kappa shape index (κ3) is 4.03. The Kier molecular flexibility index (Phi) is 5.56. The average molecular weight is 362 g/mol. The summed E-state index contributed by atoms with van der Waals surface area (Å²) in [6.45, 7) is 11.2. The number of nitrogens with one attached hydrogen (secondary N) is 1. The summed E-state index contributed by atoms with van der Waals surface area (Å²) in [5.41, 5.74) is 1.37. The molecule has 2 aliphatic rings. The van der Waals surface area contributed by atoms with Gasteiger partial charge in [0.15, 0.2) is 0 Å². The van der Waals surface area contributed by atoms with Gasteiger partial charge in [0, 0.05) is 38.3 Å². The third-order valence-electron chi connectivity index (χ3n) is 6.20. The molecular weight excluding hydrogens is 329 g/mol. The predicted octanol–water partition coefficient (Wildman–Crippen LogP) is 3.52. The van der Waals surface area contributed by atoms with Crippen molar-refractivity contribution in [2.75, 3.05) is 38.1 Å². The largest absolute Gasteiger partial charge is 0.369 e. The lowest BCUT2D eigenvalue weighted by atomic mass is 9.80. The number of rotatable bonds is 3. The van der Waals surface area contributed by atoms with E-state index in [1.54, 1.807) is 19.2 Å². The van der Waals surface area contributed by atoms with Crippen LogP contribution in [-0.2, 0) is 0 Å². The van der Waals surface area contributed by atoms with Gasteiger partial charge in [0.25, 0.3) is 5.91 Å². The molecule has 1 unspecified atom stereocenters. The lowest BCUT2D eigenvalue weighted by Gasteiger charge is -2.38. The molecule has 1 aromatic carbocycles. The fourth-order valence-electron chi connectivity index (χ4n) is 4.35. The van der Waals surface area contributed by atoms with Crippen molar-refractivity contribution in [2.45, 2.75) is 46.1 Å². The van der Waals surface area contributed by atoms with E-state index in [2.05, 4.69) is 35.9 Å². The van der Waals surface area contributed by atoms with E-state index in [9.17, 15) is 9.18 Å². The Morgan fingerprint density at radius 1 is 1.15 bits per heavy atom. The zero-order valence-corrected chi connectivity index (χ0v) is 16.5. The van der Waals surface area contributed by atoms with E-state index in [1.165, 1.54) is 25.6 Å². The second kappa shape index (κ2) is 7.55. The number of amides is 1. The molecule has 0 bridgehead atoms. The minimum atomic E-state index is -0.307. The van der Waals surface area contributed by atoms with Gasteiger partial charge >= 0.3 is 0 Å². The molecule has 5 heteroatoms. The van der Waals surface area contributed by atoms with Gasteiger partial charge in [-0.15, -0.1) is 0 Å². The molecule has 0 radical (unpaired) electrons. The number of hydrogen-bond acceptors (Lipinski definition) is 3. The number of carbonyl (C=O) groups excluding carboxylic acids is 1. The molecule has 1 aromatic rings. The molecule has 144 valence electrons. The van der Waals surface area contributed by atoms with Crippen LogP contribution in [0.15, 0.2) is 18.2 Å². The number of piperidine rings is 1. The van der Waals surface area contributed by atoms with Crippen molar-refractivity contribution in [3.63, 3.8) is 0 Å². The topological polar surface area (TPSA) is 35.6 Å². The number of halogens is 1. The Morgan fingerprint density at radius 2 is 1.85 bits per heavy atom. The monoisotopic (exact) mass is 361 g/mol. The second-order valence-electron chi connectivity index (χ2n) is 8.81. The van der Waals surface area contributed by atoms with Gasteiger partial charge in [-0.25, -0.2) is 4.39 Å². The molecule has 1 atom stereocenters. The first-order valence-corrected chi connectivity index (χ1v) is 9.80. The number of carbonyl (C=O) groups is 1. The Hall–Kier alpha value is -1.62. The van der Waals surface area contributed by atoms with Crippen LogP contribution in [0.1, 0.15) is 50.4 Å². The minimum Gasteiger partial charge on any atom is -0.369 e. The van der Waals surface area contributed by atoms with Crippen LogP contribution in [0.2, 0.25) is 0 Å². The molecule has 26 heavy (non-hydrogen) atoms. The van der Waals surface area contributed by atoms with E-state index >= 15 is 0 Å². The van der Waals surface area contributed by atoms with Crippen molar-refractivity contribution < 1.29 is 9.18 Å². The zero-order chi connectivity index (χ0) is 18.9. The molecule has 0 aromatic heterocycles. The van der Waals surface area contributed by atoms with Crippen LogP contribution in [0.5, 0.6) is 0 Å². The van der Waals surface area contributed by atoms with Crippen LogP contribution in [0, 0.1) is 17.2 Å². The van der Waals surface area contributed by atoms with Gasteiger partial charge in [-0.2, -0.15) is 0 Å². The first-order valence-electron chi connectivity index (χ1n) is 9.80. The van der Waals surface area contributed by atoms with Crippen molar-refractivity contribution in [3.05, 3.63) is 29.6 Å². The Labute approximate surface area is 156 Å². The molecule has 3 rings (SSSR count). The predicted molar refractivity (Wildman–Crippen MR) is 104 cm³/mol. The molecule has 4 nitrogen and oxygen atoms in total. The van der Waals surface area contributed by atoms with E-state index in [0.717, 1.165) is 31.8 Å². The molecule has 2 fully saturated rings. The number of benzene rings is 1. The lowest BCUT2D eigenvalue weighted by molar-refractivity contribution is 0.0962. The highest BCUT2D eigenvalue weighted by molar-refractivity contribution is 5.94. The minimum absolute atomic E-state index is 0.253. The second-order valence-corrected chi connectivity index (χ2v) is 8.81. The third-order valence-corrected chi connectivity index (χ3v) is 6.20. The van der Waals surface area contributed by atoms with Crippen LogP contribution in [0.3, 0.4) is 0 Å². The van der Waals surface area contributed by atoms with E-state index in [1.807, 2.05) is 0 Å². The van der Waals surface area contributed by atoms with Crippen LogP contribution >= 0.6 is 0 Å². The average Bonchev–Trinajstić information content (AvgIpc) is 3.11. The maximum Gasteiger partial charge on any atom is 0.251 e. The van der Waals surface area contributed by atoms with Gasteiger partial charge in [0.2, 0.25) is 0 Å². The smallest absolute Gasteiger partial charge is 0.251 e.